The van der Waals surface area contributed by atoms with Gasteiger partial charge < -0.3 is 20.4 Å². The van der Waals surface area contributed by atoms with Gasteiger partial charge in [-0.3, -0.25) is 0 Å². The lowest BCUT2D eigenvalue weighted by Gasteiger charge is -2.12. The number of carbonyl (C=O) groups is 1. The standard InChI is InChI=1S/C23H21N3O2/c1-2-28-22-13-6-5-12-20(22)26-23(27)24-18-10-7-9-16(14-18)21-15-17-8-3-4-11-19(17)25-21/h3-15,25H,2H2,1H3,(H2,24,26,27). The minimum Gasteiger partial charge on any atom is -0.492 e. The Kier molecular flexibility index (Phi) is 4.97. The third kappa shape index (κ3) is 3.83. The molecule has 0 unspecified atom stereocenters. The first-order chi connectivity index (χ1) is 13.7. The third-order valence-corrected chi connectivity index (χ3v) is 4.40. The highest BCUT2D eigenvalue weighted by Crippen LogP contribution is 2.27. The normalized spacial score (nSPS) is 10.6. The second-order valence-corrected chi connectivity index (χ2v) is 6.36. The van der Waals surface area contributed by atoms with Gasteiger partial charge in [-0.15, -0.1) is 0 Å². The quantitative estimate of drug-likeness (QED) is 0.410. The summed E-state index contributed by atoms with van der Waals surface area (Å²) in [4.78, 5) is 15.9. The molecule has 1 heterocycles. The number of hydrogen-bond acceptors (Lipinski definition) is 2. The molecular weight excluding hydrogens is 350 g/mol. The molecule has 0 aliphatic heterocycles. The zero-order valence-corrected chi connectivity index (χ0v) is 15.5. The van der Waals surface area contributed by atoms with Crippen molar-refractivity contribution in [2.24, 2.45) is 0 Å². The molecule has 5 nitrogen and oxygen atoms in total. The largest absolute Gasteiger partial charge is 0.492 e. The fraction of sp³-hybridized carbons (Fsp3) is 0.0870. The number of amides is 2. The first kappa shape index (κ1) is 17.7. The van der Waals surface area contributed by atoms with Gasteiger partial charge in [0.15, 0.2) is 0 Å². The number of urea groups is 1. The number of benzene rings is 3. The number of hydrogen-bond donors (Lipinski definition) is 3. The maximum Gasteiger partial charge on any atom is 0.323 e. The summed E-state index contributed by atoms with van der Waals surface area (Å²) in [5, 5.41) is 6.88. The molecule has 0 bridgehead atoms. The van der Waals surface area contributed by atoms with Gasteiger partial charge in [-0.1, -0.05) is 42.5 Å². The van der Waals surface area contributed by atoms with Gasteiger partial charge in [-0.2, -0.15) is 0 Å². The molecule has 2 amide bonds. The number of fused-ring (bicyclic) bond motifs is 1. The molecule has 1 aromatic heterocycles. The van der Waals surface area contributed by atoms with E-state index in [-0.39, 0.29) is 6.03 Å². The van der Waals surface area contributed by atoms with Crippen molar-refractivity contribution in [2.45, 2.75) is 6.92 Å². The predicted octanol–water partition coefficient (Wildman–Crippen LogP) is 5.88. The highest BCUT2D eigenvalue weighted by molar-refractivity contribution is 6.01. The average molecular weight is 371 g/mol. The summed E-state index contributed by atoms with van der Waals surface area (Å²) < 4.78 is 5.55. The minimum absolute atomic E-state index is 0.319. The predicted molar refractivity (Wildman–Crippen MR) is 114 cm³/mol. The van der Waals surface area contributed by atoms with E-state index in [0.717, 1.165) is 22.2 Å². The first-order valence-electron chi connectivity index (χ1n) is 9.21. The van der Waals surface area contributed by atoms with Crippen LogP contribution in [0.3, 0.4) is 0 Å². The van der Waals surface area contributed by atoms with Crippen LogP contribution >= 0.6 is 0 Å². The third-order valence-electron chi connectivity index (χ3n) is 4.40. The molecule has 28 heavy (non-hydrogen) atoms. The number of aromatic amines is 1. The molecule has 3 N–H and O–H groups in total. The van der Waals surface area contributed by atoms with Crippen LogP contribution in [0.15, 0.2) is 78.9 Å². The van der Waals surface area contributed by atoms with E-state index in [1.807, 2.05) is 73.7 Å². The summed E-state index contributed by atoms with van der Waals surface area (Å²) in [6, 6.07) is 25.0. The molecule has 3 aromatic carbocycles. The number of H-pyrrole nitrogens is 1. The van der Waals surface area contributed by atoms with Gasteiger partial charge in [0.05, 0.1) is 12.3 Å². The monoisotopic (exact) mass is 371 g/mol. The number of rotatable bonds is 5. The van der Waals surface area contributed by atoms with Crippen molar-refractivity contribution in [1.29, 1.82) is 0 Å². The number of para-hydroxylation sites is 3. The van der Waals surface area contributed by atoms with Crippen molar-refractivity contribution < 1.29 is 9.53 Å². The molecule has 140 valence electrons. The summed E-state index contributed by atoms with van der Waals surface area (Å²) in [5.41, 5.74) is 4.44. The Balaban J connectivity index is 1.51. The van der Waals surface area contributed by atoms with Crippen LogP contribution < -0.4 is 15.4 Å². The Morgan fingerprint density at radius 3 is 2.61 bits per heavy atom. The molecule has 4 rings (SSSR count). The van der Waals surface area contributed by atoms with E-state index in [1.54, 1.807) is 0 Å². The average Bonchev–Trinajstić information content (AvgIpc) is 3.14. The van der Waals surface area contributed by atoms with E-state index in [4.69, 9.17) is 4.74 Å². The van der Waals surface area contributed by atoms with E-state index >= 15 is 0 Å². The molecule has 0 aliphatic rings. The second-order valence-electron chi connectivity index (χ2n) is 6.36. The maximum atomic E-state index is 12.4. The number of anilines is 2. The van der Waals surface area contributed by atoms with Crippen molar-refractivity contribution in [2.75, 3.05) is 17.2 Å². The van der Waals surface area contributed by atoms with E-state index in [1.165, 1.54) is 0 Å². The van der Waals surface area contributed by atoms with Crippen LogP contribution in [0.5, 0.6) is 5.75 Å². The van der Waals surface area contributed by atoms with Gasteiger partial charge in [-0.25, -0.2) is 4.79 Å². The topological polar surface area (TPSA) is 66.2 Å². The van der Waals surface area contributed by atoms with Crippen LogP contribution in [0.4, 0.5) is 16.2 Å². The molecule has 0 radical (unpaired) electrons. The molecule has 4 aromatic rings. The Bertz CT molecular complexity index is 1080. The highest BCUT2D eigenvalue weighted by Gasteiger charge is 2.09. The fourth-order valence-electron chi connectivity index (χ4n) is 3.13. The zero-order chi connectivity index (χ0) is 19.3. The van der Waals surface area contributed by atoms with Crippen molar-refractivity contribution in [3.63, 3.8) is 0 Å². The molecule has 5 heteroatoms. The van der Waals surface area contributed by atoms with Gasteiger partial charge in [0.2, 0.25) is 0 Å². The van der Waals surface area contributed by atoms with E-state index in [0.29, 0.717) is 23.7 Å². The van der Waals surface area contributed by atoms with Crippen molar-refractivity contribution in [3.05, 3.63) is 78.9 Å². The molecule has 0 fully saturated rings. The fourth-order valence-corrected chi connectivity index (χ4v) is 3.13. The summed E-state index contributed by atoms with van der Waals surface area (Å²) in [7, 11) is 0. The molecule has 0 aliphatic carbocycles. The number of aromatic nitrogens is 1. The number of nitrogens with one attached hydrogen (secondary N) is 3. The van der Waals surface area contributed by atoms with Gasteiger partial charge in [0.25, 0.3) is 0 Å². The van der Waals surface area contributed by atoms with Crippen LogP contribution in [0.25, 0.3) is 22.2 Å². The van der Waals surface area contributed by atoms with E-state index in [9.17, 15) is 4.79 Å². The summed E-state index contributed by atoms with van der Waals surface area (Å²) in [6.45, 7) is 2.44. The van der Waals surface area contributed by atoms with Gasteiger partial charge in [0, 0.05) is 27.8 Å². The molecular formula is C23H21N3O2. The molecule has 0 saturated heterocycles. The van der Waals surface area contributed by atoms with Gasteiger partial charge in [0.1, 0.15) is 5.75 Å². The van der Waals surface area contributed by atoms with Crippen molar-refractivity contribution in [1.82, 2.24) is 4.98 Å². The lowest BCUT2D eigenvalue weighted by Crippen LogP contribution is -2.19. The molecule has 0 atom stereocenters. The number of carbonyl (C=O) groups excluding carboxylic acids is 1. The number of ether oxygens (including phenoxy) is 1. The van der Waals surface area contributed by atoms with Crippen LogP contribution in [0.1, 0.15) is 6.92 Å². The second kappa shape index (κ2) is 7.88. The summed E-state index contributed by atoms with van der Waals surface area (Å²) >= 11 is 0. The smallest absolute Gasteiger partial charge is 0.323 e. The van der Waals surface area contributed by atoms with Crippen LogP contribution in [0.2, 0.25) is 0 Å². The van der Waals surface area contributed by atoms with Gasteiger partial charge in [-0.05, 0) is 43.3 Å². The SMILES string of the molecule is CCOc1ccccc1NC(=O)Nc1cccc(-c2cc3ccccc3[nH]2)c1. The first-order valence-corrected chi connectivity index (χ1v) is 9.21. The zero-order valence-electron chi connectivity index (χ0n) is 15.5. The summed E-state index contributed by atoms with van der Waals surface area (Å²) in [6.07, 6.45) is 0. The van der Waals surface area contributed by atoms with E-state index < -0.39 is 0 Å². The minimum atomic E-state index is -0.319. The molecule has 0 saturated carbocycles. The summed E-state index contributed by atoms with van der Waals surface area (Å²) in [5.74, 6) is 0.645. The Labute approximate surface area is 163 Å². The lowest BCUT2D eigenvalue weighted by molar-refractivity contribution is 0.262. The van der Waals surface area contributed by atoms with Crippen LogP contribution in [-0.2, 0) is 0 Å². The highest BCUT2D eigenvalue weighted by atomic mass is 16.5. The van der Waals surface area contributed by atoms with Crippen LogP contribution in [-0.4, -0.2) is 17.6 Å². The van der Waals surface area contributed by atoms with Gasteiger partial charge >= 0.3 is 6.03 Å². The van der Waals surface area contributed by atoms with E-state index in [2.05, 4.69) is 27.8 Å². The lowest BCUT2D eigenvalue weighted by atomic mass is 10.1. The Morgan fingerprint density at radius 2 is 1.75 bits per heavy atom. The molecule has 0 spiro atoms. The Hall–Kier alpha value is -3.73. The Morgan fingerprint density at radius 1 is 0.929 bits per heavy atom. The maximum absolute atomic E-state index is 12.4. The van der Waals surface area contributed by atoms with Crippen LogP contribution in [0, 0.1) is 0 Å². The van der Waals surface area contributed by atoms with Crippen molar-refractivity contribution in [3.8, 4) is 17.0 Å². The van der Waals surface area contributed by atoms with Crippen molar-refractivity contribution >= 4 is 28.3 Å².